The molecule has 0 spiro atoms. The van der Waals surface area contributed by atoms with Gasteiger partial charge >= 0.3 is 5.97 Å². The second kappa shape index (κ2) is 7.01. The van der Waals surface area contributed by atoms with Crippen molar-refractivity contribution in [2.75, 3.05) is 13.7 Å². The number of hydrogen-bond acceptors (Lipinski definition) is 6. The molecule has 7 nitrogen and oxygen atoms in total. The molecule has 26 heavy (non-hydrogen) atoms. The smallest absolute Gasteiger partial charge is 0.339 e. The minimum atomic E-state index is -4.27. The van der Waals surface area contributed by atoms with Crippen LogP contribution in [-0.4, -0.2) is 34.0 Å². The topological polar surface area (TPSA) is 98.8 Å². The van der Waals surface area contributed by atoms with Crippen LogP contribution in [0.25, 0.3) is 6.08 Å². The molecule has 1 aliphatic rings. The van der Waals surface area contributed by atoms with Crippen molar-refractivity contribution in [3.8, 4) is 5.75 Å². The van der Waals surface area contributed by atoms with E-state index in [1.807, 2.05) is 4.72 Å². The lowest BCUT2D eigenvalue weighted by molar-refractivity contribution is -0.116. The van der Waals surface area contributed by atoms with E-state index in [9.17, 15) is 18.0 Å². The molecule has 0 bridgehead atoms. The molecule has 1 aliphatic heterocycles. The Balaban J connectivity index is 1.89. The van der Waals surface area contributed by atoms with E-state index in [1.165, 1.54) is 24.3 Å². The Labute approximate surface area is 150 Å². The summed E-state index contributed by atoms with van der Waals surface area (Å²) < 4.78 is 37.1. The number of fused-ring (bicyclic) bond motifs is 1. The average molecular weight is 373 g/mol. The molecule has 0 saturated carbocycles. The Morgan fingerprint density at radius 2 is 1.77 bits per heavy atom. The van der Waals surface area contributed by atoms with Crippen LogP contribution in [0.5, 0.6) is 5.75 Å². The van der Waals surface area contributed by atoms with Crippen molar-refractivity contribution in [2.24, 2.45) is 0 Å². The maximum atomic E-state index is 12.6. The van der Waals surface area contributed by atoms with Crippen LogP contribution in [-0.2, 0) is 19.6 Å². The maximum Gasteiger partial charge on any atom is 0.339 e. The number of sulfonamides is 1. The van der Waals surface area contributed by atoms with Crippen molar-refractivity contribution in [1.82, 2.24) is 4.72 Å². The standard InChI is InChI=1S/C18H15NO6S/c1-24-18(21)14-7-3-5-9-16(14)26(22,23)19-17(20)13-10-12-6-2-4-8-15(12)25-11-13/h2-10H,11H2,1H3,(H,19,20). The van der Waals surface area contributed by atoms with Gasteiger partial charge in [-0.1, -0.05) is 30.3 Å². The molecule has 0 radical (unpaired) electrons. The summed E-state index contributed by atoms with van der Waals surface area (Å²) in [6.45, 7) is -0.0585. The van der Waals surface area contributed by atoms with Crippen LogP contribution in [0, 0.1) is 0 Å². The van der Waals surface area contributed by atoms with Gasteiger partial charge < -0.3 is 9.47 Å². The van der Waals surface area contributed by atoms with E-state index in [0.717, 1.165) is 7.11 Å². The van der Waals surface area contributed by atoms with Crippen molar-refractivity contribution < 1.29 is 27.5 Å². The van der Waals surface area contributed by atoms with Gasteiger partial charge in [0, 0.05) is 5.56 Å². The molecule has 134 valence electrons. The molecule has 2 aromatic rings. The zero-order valence-corrected chi connectivity index (χ0v) is 14.6. The number of ether oxygens (including phenoxy) is 2. The largest absolute Gasteiger partial charge is 0.488 e. The van der Waals surface area contributed by atoms with Crippen LogP contribution in [0.4, 0.5) is 0 Å². The number of nitrogens with one attached hydrogen (secondary N) is 1. The maximum absolute atomic E-state index is 12.6. The lowest BCUT2D eigenvalue weighted by Crippen LogP contribution is -2.34. The van der Waals surface area contributed by atoms with Crippen molar-refractivity contribution in [1.29, 1.82) is 0 Å². The molecule has 3 rings (SSSR count). The molecule has 1 amide bonds. The van der Waals surface area contributed by atoms with Gasteiger partial charge in [-0.15, -0.1) is 0 Å². The van der Waals surface area contributed by atoms with Gasteiger partial charge in [0.2, 0.25) is 0 Å². The normalized spacial score (nSPS) is 13.0. The van der Waals surface area contributed by atoms with Crippen LogP contribution in [0.2, 0.25) is 0 Å². The van der Waals surface area contributed by atoms with Crippen LogP contribution in [0.3, 0.4) is 0 Å². The van der Waals surface area contributed by atoms with E-state index in [4.69, 9.17) is 4.74 Å². The molecule has 8 heteroatoms. The molecule has 0 atom stereocenters. The molecule has 0 unspecified atom stereocenters. The monoisotopic (exact) mass is 373 g/mol. The molecular weight excluding hydrogens is 358 g/mol. The highest BCUT2D eigenvalue weighted by Crippen LogP contribution is 2.26. The number of amides is 1. The molecule has 0 fully saturated rings. The highest BCUT2D eigenvalue weighted by atomic mass is 32.2. The molecule has 0 saturated heterocycles. The first-order chi connectivity index (χ1) is 12.4. The van der Waals surface area contributed by atoms with Gasteiger partial charge in [-0.25, -0.2) is 17.9 Å². The number of benzene rings is 2. The van der Waals surface area contributed by atoms with Gasteiger partial charge in [-0.3, -0.25) is 4.79 Å². The van der Waals surface area contributed by atoms with Crippen molar-refractivity contribution >= 4 is 28.0 Å². The van der Waals surface area contributed by atoms with E-state index >= 15 is 0 Å². The fraction of sp³-hybridized carbons (Fsp3) is 0.111. The number of carbonyl (C=O) groups is 2. The van der Waals surface area contributed by atoms with Gasteiger partial charge in [0.1, 0.15) is 17.3 Å². The molecule has 2 aromatic carbocycles. The van der Waals surface area contributed by atoms with Gasteiger partial charge in [0.15, 0.2) is 0 Å². The third-order valence-corrected chi connectivity index (χ3v) is 5.12. The molecule has 1 heterocycles. The second-order valence-corrected chi connectivity index (χ2v) is 7.07. The number of para-hydroxylation sites is 1. The molecular formula is C18H15NO6S. The first kappa shape index (κ1) is 17.7. The Morgan fingerprint density at radius 3 is 2.54 bits per heavy atom. The SMILES string of the molecule is COC(=O)c1ccccc1S(=O)(=O)NC(=O)C1=Cc2ccccc2OC1. The lowest BCUT2D eigenvalue weighted by Gasteiger charge is -2.17. The summed E-state index contributed by atoms with van der Waals surface area (Å²) in [5.41, 5.74) is 0.675. The summed E-state index contributed by atoms with van der Waals surface area (Å²) in [7, 11) is -3.12. The average Bonchev–Trinajstić information content (AvgIpc) is 2.66. The Kier molecular flexibility index (Phi) is 4.77. The van der Waals surface area contributed by atoms with Gasteiger partial charge in [0.05, 0.1) is 18.2 Å². The highest BCUT2D eigenvalue weighted by Gasteiger charge is 2.27. The number of esters is 1. The quantitative estimate of drug-likeness (QED) is 0.820. The minimum absolute atomic E-state index is 0.0585. The zero-order chi connectivity index (χ0) is 18.7. The fourth-order valence-electron chi connectivity index (χ4n) is 2.47. The highest BCUT2D eigenvalue weighted by molar-refractivity contribution is 7.90. The zero-order valence-electron chi connectivity index (χ0n) is 13.8. The summed E-state index contributed by atoms with van der Waals surface area (Å²) in [4.78, 5) is 23.8. The predicted octanol–water partition coefficient (Wildman–Crippen LogP) is 1.75. The minimum Gasteiger partial charge on any atom is -0.488 e. The van der Waals surface area contributed by atoms with E-state index in [2.05, 4.69) is 4.74 Å². The third-order valence-electron chi connectivity index (χ3n) is 3.73. The van der Waals surface area contributed by atoms with Crippen molar-refractivity contribution in [3.05, 3.63) is 65.2 Å². The van der Waals surface area contributed by atoms with Crippen molar-refractivity contribution in [2.45, 2.75) is 4.90 Å². The van der Waals surface area contributed by atoms with E-state index in [-0.39, 0.29) is 22.6 Å². The van der Waals surface area contributed by atoms with Crippen LogP contribution >= 0.6 is 0 Å². The van der Waals surface area contributed by atoms with Crippen LogP contribution in [0.1, 0.15) is 15.9 Å². The van der Waals surface area contributed by atoms with E-state index in [0.29, 0.717) is 11.3 Å². The first-order valence-corrected chi connectivity index (χ1v) is 9.07. The van der Waals surface area contributed by atoms with Gasteiger partial charge in [0.25, 0.3) is 15.9 Å². The summed E-state index contributed by atoms with van der Waals surface area (Å²) in [5, 5.41) is 0. The number of rotatable bonds is 4. The first-order valence-electron chi connectivity index (χ1n) is 7.59. The summed E-state index contributed by atoms with van der Waals surface area (Å²) in [5.74, 6) is -1.02. The van der Waals surface area contributed by atoms with E-state index < -0.39 is 21.9 Å². The summed E-state index contributed by atoms with van der Waals surface area (Å²) in [6, 6.07) is 12.6. The molecule has 0 aliphatic carbocycles. The lowest BCUT2D eigenvalue weighted by atomic mass is 10.1. The van der Waals surface area contributed by atoms with E-state index in [1.54, 1.807) is 30.3 Å². The third kappa shape index (κ3) is 3.45. The summed E-state index contributed by atoms with van der Waals surface area (Å²) in [6.07, 6.45) is 1.57. The second-order valence-electron chi connectivity index (χ2n) is 5.42. The Bertz CT molecular complexity index is 1010. The number of hydrogen-bond donors (Lipinski definition) is 1. The van der Waals surface area contributed by atoms with Crippen LogP contribution < -0.4 is 9.46 Å². The Hall–Kier alpha value is -3.13. The Morgan fingerprint density at radius 1 is 1.08 bits per heavy atom. The molecule has 1 N–H and O–H groups in total. The van der Waals surface area contributed by atoms with Crippen LogP contribution in [0.15, 0.2) is 59.0 Å². The van der Waals surface area contributed by atoms with Gasteiger partial charge in [-0.2, -0.15) is 0 Å². The fourth-order valence-corrected chi connectivity index (χ4v) is 3.65. The summed E-state index contributed by atoms with van der Waals surface area (Å²) >= 11 is 0. The predicted molar refractivity (Wildman–Crippen MR) is 93.0 cm³/mol. The van der Waals surface area contributed by atoms with Gasteiger partial charge in [-0.05, 0) is 24.3 Å². The van der Waals surface area contributed by atoms with Crippen molar-refractivity contribution in [3.63, 3.8) is 0 Å². The molecule has 0 aromatic heterocycles. The number of methoxy groups -OCH3 is 1. The number of carbonyl (C=O) groups excluding carboxylic acids is 2.